The first-order valence-electron chi connectivity index (χ1n) is 11.0. The lowest BCUT2D eigenvalue weighted by molar-refractivity contribution is -0.175. The molecule has 1 aromatic rings. The van der Waals surface area contributed by atoms with Crippen molar-refractivity contribution in [3.05, 3.63) is 41.5 Å². The lowest BCUT2D eigenvalue weighted by atomic mass is 9.61. The topological polar surface area (TPSA) is 60.9 Å². The number of rotatable bonds is 7. The van der Waals surface area contributed by atoms with Gasteiger partial charge in [-0.3, -0.25) is 4.90 Å². The van der Waals surface area contributed by atoms with Crippen LogP contribution in [0.15, 0.2) is 30.3 Å². The van der Waals surface area contributed by atoms with Gasteiger partial charge in [0.15, 0.2) is 0 Å². The van der Waals surface area contributed by atoms with Crippen LogP contribution in [0.5, 0.6) is 0 Å². The van der Waals surface area contributed by atoms with Crippen LogP contribution in [-0.2, 0) is 10.0 Å². The third kappa shape index (κ3) is 3.58. The highest BCUT2D eigenvalue weighted by molar-refractivity contribution is 7.89. The van der Waals surface area contributed by atoms with Gasteiger partial charge in [0, 0.05) is 31.6 Å². The standard InChI is InChI=1S/C23H34N2O3S/c1-3-7-18-10-12-20(13-11-18)22-21(15-26)25(14-19-8-5-6-9-19)23(22)16-24(17-23)29(27,28)4-2/h3,7,10-13,19,21-22,26H,4-6,8-9,14-17H2,1-2H3/b7-3+/t21-,22+/m0/s1. The Balaban J connectivity index is 1.61. The predicted octanol–water partition coefficient (Wildman–Crippen LogP) is 3.07. The summed E-state index contributed by atoms with van der Waals surface area (Å²) < 4.78 is 26.5. The summed E-state index contributed by atoms with van der Waals surface area (Å²) in [5.74, 6) is 1.00. The van der Waals surface area contributed by atoms with Gasteiger partial charge >= 0.3 is 0 Å². The number of hydrogen-bond donors (Lipinski definition) is 1. The molecule has 0 unspecified atom stereocenters. The van der Waals surface area contributed by atoms with E-state index in [4.69, 9.17) is 0 Å². The van der Waals surface area contributed by atoms with Crippen LogP contribution >= 0.6 is 0 Å². The Kier molecular flexibility index (Phi) is 5.90. The molecule has 2 heterocycles. The molecule has 1 saturated carbocycles. The molecule has 5 nitrogen and oxygen atoms in total. The van der Waals surface area contributed by atoms with E-state index in [-0.39, 0.29) is 29.9 Å². The lowest BCUT2D eigenvalue weighted by Crippen LogP contribution is -2.85. The van der Waals surface area contributed by atoms with Crippen LogP contribution in [0.1, 0.15) is 56.6 Å². The van der Waals surface area contributed by atoms with Crippen molar-refractivity contribution in [3.8, 4) is 0 Å². The van der Waals surface area contributed by atoms with Crippen molar-refractivity contribution >= 4 is 16.1 Å². The smallest absolute Gasteiger partial charge is 0.213 e. The van der Waals surface area contributed by atoms with Crippen molar-refractivity contribution in [3.63, 3.8) is 0 Å². The maximum atomic E-state index is 12.4. The molecular formula is C23H34N2O3S. The quantitative estimate of drug-likeness (QED) is 0.739. The van der Waals surface area contributed by atoms with Crippen molar-refractivity contribution in [1.82, 2.24) is 9.21 Å². The molecule has 0 amide bonds. The summed E-state index contributed by atoms with van der Waals surface area (Å²) in [6, 6.07) is 8.64. The molecule has 0 bridgehead atoms. The fraction of sp³-hybridized carbons (Fsp3) is 0.652. The van der Waals surface area contributed by atoms with E-state index < -0.39 is 10.0 Å². The summed E-state index contributed by atoms with van der Waals surface area (Å²) in [6.07, 6.45) is 9.20. The Bertz CT molecular complexity index is 837. The van der Waals surface area contributed by atoms with Gasteiger partial charge in [0.1, 0.15) is 0 Å². The number of likely N-dealkylation sites (tertiary alicyclic amines) is 1. The van der Waals surface area contributed by atoms with Crippen LogP contribution in [-0.4, -0.2) is 66.3 Å². The maximum absolute atomic E-state index is 12.4. The van der Waals surface area contributed by atoms with Crippen LogP contribution in [0.25, 0.3) is 6.08 Å². The van der Waals surface area contributed by atoms with Gasteiger partial charge in [0.05, 0.1) is 17.9 Å². The first-order valence-corrected chi connectivity index (χ1v) is 12.6. The molecular weight excluding hydrogens is 384 g/mol. The second-order valence-corrected chi connectivity index (χ2v) is 11.2. The second kappa shape index (κ2) is 8.14. The van der Waals surface area contributed by atoms with Crippen LogP contribution in [0, 0.1) is 5.92 Å². The average molecular weight is 419 g/mol. The van der Waals surface area contributed by atoms with E-state index in [9.17, 15) is 13.5 Å². The fourth-order valence-corrected chi connectivity index (χ4v) is 7.02. The highest BCUT2D eigenvalue weighted by Gasteiger charge is 2.67. The van der Waals surface area contributed by atoms with Crippen LogP contribution in [0.2, 0.25) is 0 Å². The average Bonchev–Trinajstić information content (AvgIpc) is 3.18. The number of aliphatic hydroxyl groups is 1. The van der Waals surface area contributed by atoms with Crippen molar-refractivity contribution in [2.75, 3.05) is 32.0 Å². The molecule has 1 aromatic carbocycles. The van der Waals surface area contributed by atoms with Gasteiger partial charge in [0.25, 0.3) is 0 Å². The summed E-state index contributed by atoms with van der Waals surface area (Å²) in [6.45, 7) is 5.93. The molecule has 2 aliphatic heterocycles. The molecule has 3 aliphatic rings. The van der Waals surface area contributed by atoms with E-state index in [1.165, 1.54) is 31.2 Å². The molecule has 2 saturated heterocycles. The monoisotopic (exact) mass is 418 g/mol. The number of benzene rings is 1. The van der Waals surface area contributed by atoms with Crippen molar-refractivity contribution in [2.24, 2.45) is 5.92 Å². The maximum Gasteiger partial charge on any atom is 0.213 e. The van der Waals surface area contributed by atoms with E-state index in [1.54, 1.807) is 11.2 Å². The number of nitrogens with zero attached hydrogens (tertiary/aromatic N) is 2. The van der Waals surface area contributed by atoms with E-state index in [1.807, 2.05) is 13.0 Å². The molecule has 0 aromatic heterocycles. The lowest BCUT2D eigenvalue weighted by Gasteiger charge is -2.70. The van der Waals surface area contributed by atoms with E-state index in [0.717, 1.165) is 12.1 Å². The van der Waals surface area contributed by atoms with Crippen LogP contribution in [0.4, 0.5) is 0 Å². The molecule has 0 radical (unpaired) electrons. The number of aliphatic hydroxyl groups excluding tert-OH is 1. The minimum atomic E-state index is -3.17. The first-order chi connectivity index (χ1) is 13.9. The van der Waals surface area contributed by atoms with E-state index in [2.05, 4.69) is 35.2 Å². The Labute approximate surface area is 175 Å². The largest absolute Gasteiger partial charge is 0.395 e. The van der Waals surface area contributed by atoms with E-state index >= 15 is 0 Å². The summed E-state index contributed by atoms with van der Waals surface area (Å²) in [5.41, 5.74) is 2.21. The Hall–Kier alpha value is -1.21. The summed E-state index contributed by atoms with van der Waals surface area (Å²) in [7, 11) is -3.17. The molecule has 1 N–H and O–H groups in total. The third-order valence-corrected chi connectivity index (χ3v) is 9.14. The summed E-state index contributed by atoms with van der Waals surface area (Å²) in [5, 5.41) is 10.2. The van der Waals surface area contributed by atoms with Crippen molar-refractivity contribution < 1.29 is 13.5 Å². The Morgan fingerprint density at radius 3 is 2.38 bits per heavy atom. The van der Waals surface area contributed by atoms with Crippen LogP contribution < -0.4 is 0 Å². The van der Waals surface area contributed by atoms with Gasteiger partial charge in [-0.15, -0.1) is 0 Å². The van der Waals surface area contributed by atoms with Gasteiger partial charge in [-0.1, -0.05) is 49.3 Å². The minimum absolute atomic E-state index is 0.0784. The summed E-state index contributed by atoms with van der Waals surface area (Å²) >= 11 is 0. The zero-order chi connectivity index (χ0) is 20.6. The minimum Gasteiger partial charge on any atom is -0.395 e. The van der Waals surface area contributed by atoms with Gasteiger partial charge in [-0.2, -0.15) is 4.31 Å². The van der Waals surface area contributed by atoms with Crippen LogP contribution in [0.3, 0.4) is 0 Å². The fourth-order valence-electron chi connectivity index (χ4n) is 5.82. The second-order valence-electron chi connectivity index (χ2n) is 8.97. The van der Waals surface area contributed by atoms with Crippen molar-refractivity contribution in [1.29, 1.82) is 0 Å². The number of sulfonamides is 1. The first kappa shape index (κ1) is 21.0. The molecule has 1 spiro atoms. The van der Waals surface area contributed by atoms with E-state index in [0.29, 0.717) is 19.0 Å². The zero-order valence-corrected chi connectivity index (χ0v) is 18.4. The highest BCUT2D eigenvalue weighted by Crippen LogP contribution is 2.55. The Morgan fingerprint density at radius 2 is 1.83 bits per heavy atom. The Morgan fingerprint density at radius 1 is 1.17 bits per heavy atom. The highest BCUT2D eigenvalue weighted by atomic mass is 32.2. The molecule has 2 atom stereocenters. The molecule has 29 heavy (non-hydrogen) atoms. The zero-order valence-electron chi connectivity index (χ0n) is 17.6. The normalized spacial score (nSPS) is 28.1. The summed E-state index contributed by atoms with van der Waals surface area (Å²) in [4.78, 5) is 2.45. The molecule has 3 fully saturated rings. The van der Waals surface area contributed by atoms with Gasteiger partial charge in [0.2, 0.25) is 10.0 Å². The van der Waals surface area contributed by atoms with Gasteiger partial charge < -0.3 is 5.11 Å². The van der Waals surface area contributed by atoms with Gasteiger partial charge in [-0.25, -0.2) is 8.42 Å². The SMILES string of the molecule is C/C=C/c1ccc([C@@H]2[C@H](CO)N(CC3CCCC3)C23CN(S(=O)(=O)CC)C3)cc1. The van der Waals surface area contributed by atoms with Crippen molar-refractivity contribution in [2.45, 2.75) is 57.0 Å². The van der Waals surface area contributed by atoms with Gasteiger partial charge in [-0.05, 0) is 43.7 Å². The third-order valence-electron chi connectivity index (χ3n) is 7.37. The predicted molar refractivity (Wildman–Crippen MR) is 117 cm³/mol. The molecule has 4 rings (SSSR count). The number of hydrogen-bond acceptors (Lipinski definition) is 4. The molecule has 1 aliphatic carbocycles. The number of allylic oxidation sites excluding steroid dienone is 1. The molecule has 6 heteroatoms. The molecule has 160 valence electrons.